The number of hydrogen-bond acceptors (Lipinski definition) is 3. The molecule has 0 amide bonds. The standard InChI is InChI=1S/C12H17BrN2S/c1-12(2)5-7-15(8-9-16-12)11-10(13)4-3-6-14-11/h3-4,6H,5,7-9H2,1-2H3. The van der Waals surface area contributed by atoms with E-state index in [-0.39, 0.29) is 0 Å². The summed E-state index contributed by atoms with van der Waals surface area (Å²) in [6.45, 7) is 6.84. The number of pyridine rings is 1. The average Bonchev–Trinajstić information content (AvgIpc) is 2.40. The third kappa shape index (κ3) is 2.92. The minimum absolute atomic E-state index is 0.399. The first-order valence-corrected chi connectivity index (χ1v) is 7.36. The Morgan fingerprint density at radius 1 is 1.44 bits per heavy atom. The number of anilines is 1. The van der Waals surface area contributed by atoms with E-state index in [2.05, 4.69) is 57.5 Å². The summed E-state index contributed by atoms with van der Waals surface area (Å²) in [5, 5.41) is 0. The lowest BCUT2D eigenvalue weighted by molar-refractivity contribution is 0.634. The van der Waals surface area contributed by atoms with Crippen molar-refractivity contribution in [1.82, 2.24) is 4.98 Å². The van der Waals surface area contributed by atoms with Crippen LogP contribution in [-0.4, -0.2) is 28.6 Å². The second-order valence-corrected chi connectivity index (χ2v) is 7.31. The van der Waals surface area contributed by atoms with Gasteiger partial charge in [0.05, 0.1) is 4.47 Å². The van der Waals surface area contributed by atoms with Crippen LogP contribution in [0.1, 0.15) is 20.3 Å². The molecule has 88 valence electrons. The number of thioether (sulfide) groups is 1. The molecule has 1 aromatic rings. The van der Waals surface area contributed by atoms with E-state index in [0.29, 0.717) is 4.75 Å². The summed E-state index contributed by atoms with van der Waals surface area (Å²) in [6.07, 6.45) is 3.07. The van der Waals surface area contributed by atoms with Crippen molar-refractivity contribution in [2.75, 3.05) is 23.7 Å². The van der Waals surface area contributed by atoms with Crippen molar-refractivity contribution in [3.8, 4) is 0 Å². The number of hydrogen-bond donors (Lipinski definition) is 0. The van der Waals surface area contributed by atoms with Crippen LogP contribution in [0.15, 0.2) is 22.8 Å². The third-order valence-corrected chi connectivity index (χ3v) is 4.87. The van der Waals surface area contributed by atoms with Gasteiger partial charge in [-0.2, -0.15) is 11.8 Å². The Balaban J connectivity index is 2.14. The first kappa shape index (κ1) is 12.2. The predicted molar refractivity (Wildman–Crippen MR) is 75.3 cm³/mol. The Bertz CT molecular complexity index is 368. The van der Waals surface area contributed by atoms with Crippen LogP contribution >= 0.6 is 27.7 Å². The van der Waals surface area contributed by atoms with Gasteiger partial charge in [-0.15, -0.1) is 0 Å². The third-order valence-electron chi connectivity index (χ3n) is 2.88. The molecular weight excluding hydrogens is 284 g/mol. The molecule has 1 aliphatic heterocycles. The lowest BCUT2D eigenvalue weighted by Gasteiger charge is -2.24. The molecule has 4 heteroatoms. The molecule has 16 heavy (non-hydrogen) atoms. The molecule has 0 N–H and O–H groups in total. The van der Waals surface area contributed by atoms with Crippen LogP contribution in [0, 0.1) is 0 Å². The molecule has 1 aliphatic rings. The van der Waals surface area contributed by atoms with E-state index < -0.39 is 0 Å². The molecule has 0 aliphatic carbocycles. The largest absolute Gasteiger partial charge is 0.355 e. The van der Waals surface area contributed by atoms with Gasteiger partial charge in [-0.25, -0.2) is 4.98 Å². The Morgan fingerprint density at radius 2 is 2.25 bits per heavy atom. The van der Waals surface area contributed by atoms with Crippen LogP contribution in [0.3, 0.4) is 0 Å². The Morgan fingerprint density at radius 3 is 3.00 bits per heavy atom. The zero-order chi connectivity index (χ0) is 11.6. The van der Waals surface area contributed by atoms with Crippen LogP contribution in [0.2, 0.25) is 0 Å². The van der Waals surface area contributed by atoms with E-state index in [4.69, 9.17) is 0 Å². The predicted octanol–water partition coefficient (Wildman–Crippen LogP) is 3.57. The van der Waals surface area contributed by atoms with Crippen molar-refractivity contribution in [1.29, 1.82) is 0 Å². The van der Waals surface area contributed by atoms with Gasteiger partial charge in [0.25, 0.3) is 0 Å². The Labute approximate surface area is 110 Å². The summed E-state index contributed by atoms with van der Waals surface area (Å²) in [5.41, 5.74) is 0. The maximum Gasteiger partial charge on any atom is 0.142 e. The molecule has 0 aromatic carbocycles. The molecule has 2 nitrogen and oxygen atoms in total. The summed E-state index contributed by atoms with van der Waals surface area (Å²) in [5.74, 6) is 2.26. The minimum atomic E-state index is 0.399. The molecule has 2 heterocycles. The highest BCUT2D eigenvalue weighted by atomic mass is 79.9. The van der Waals surface area contributed by atoms with Crippen molar-refractivity contribution in [2.45, 2.75) is 25.0 Å². The number of nitrogens with zero attached hydrogens (tertiary/aromatic N) is 2. The first-order chi connectivity index (χ1) is 7.58. The van der Waals surface area contributed by atoms with E-state index in [0.717, 1.165) is 23.4 Å². The first-order valence-electron chi connectivity index (χ1n) is 5.58. The van der Waals surface area contributed by atoms with Gasteiger partial charge in [0.2, 0.25) is 0 Å². The summed E-state index contributed by atoms with van der Waals surface area (Å²) in [6, 6.07) is 4.02. The van der Waals surface area contributed by atoms with E-state index in [9.17, 15) is 0 Å². The van der Waals surface area contributed by atoms with E-state index in [1.165, 1.54) is 12.2 Å². The molecule has 0 radical (unpaired) electrons. The normalized spacial score (nSPS) is 20.6. The molecular formula is C12H17BrN2S. The van der Waals surface area contributed by atoms with Gasteiger partial charge in [0, 0.05) is 29.8 Å². The molecule has 0 unspecified atom stereocenters. The second-order valence-electron chi connectivity index (χ2n) is 4.65. The quantitative estimate of drug-likeness (QED) is 0.789. The average molecular weight is 301 g/mol. The van der Waals surface area contributed by atoms with Crippen LogP contribution in [0.25, 0.3) is 0 Å². The molecule has 0 saturated carbocycles. The van der Waals surface area contributed by atoms with Gasteiger partial charge in [-0.05, 0) is 34.5 Å². The van der Waals surface area contributed by atoms with Crippen LogP contribution in [0.4, 0.5) is 5.82 Å². The van der Waals surface area contributed by atoms with E-state index in [1.807, 2.05) is 12.3 Å². The smallest absolute Gasteiger partial charge is 0.142 e. The zero-order valence-corrected chi connectivity index (χ0v) is 12.1. The monoisotopic (exact) mass is 300 g/mol. The fourth-order valence-electron chi connectivity index (χ4n) is 1.84. The topological polar surface area (TPSA) is 16.1 Å². The summed E-state index contributed by atoms with van der Waals surface area (Å²) in [7, 11) is 0. The maximum absolute atomic E-state index is 4.46. The van der Waals surface area contributed by atoms with Crippen molar-refractivity contribution in [3.05, 3.63) is 22.8 Å². The fraction of sp³-hybridized carbons (Fsp3) is 0.583. The maximum atomic E-state index is 4.46. The van der Waals surface area contributed by atoms with Gasteiger partial charge >= 0.3 is 0 Å². The highest BCUT2D eigenvalue weighted by molar-refractivity contribution is 9.10. The van der Waals surface area contributed by atoms with Crippen molar-refractivity contribution >= 4 is 33.5 Å². The Hall–Kier alpha value is -0.220. The summed E-state index contributed by atoms with van der Waals surface area (Å²) in [4.78, 5) is 6.84. The van der Waals surface area contributed by atoms with Gasteiger partial charge < -0.3 is 4.90 Å². The molecule has 2 rings (SSSR count). The molecule has 0 atom stereocenters. The molecule has 1 fully saturated rings. The van der Waals surface area contributed by atoms with Crippen LogP contribution in [0.5, 0.6) is 0 Å². The van der Waals surface area contributed by atoms with Gasteiger partial charge in [-0.3, -0.25) is 0 Å². The van der Waals surface area contributed by atoms with E-state index in [1.54, 1.807) is 0 Å². The summed E-state index contributed by atoms with van der Waals surface area (Å²) < 4.78 is 1.50. The van der Waals surface area contributed by atoms with Crippen molar-refractivity contribution < 1.29 is 0 Å². The second kappa shape index (κ2) is 4.96. The highest BCUT2D eigenvalue weighted by Gasteiger charge is 2.24. The molecule has 1 aromatic heterocycles. The molecule has 0 bridgehead atoms. The molecule has 1 saturated heterocycles. The fourth-order valence-corrected chi connectivity index (χ4v) is 3.45. The van der Waals surface area contributed by atoms with Gasteiger partial charge in [-0.1, -0.05) is 13.8 Å². The van der Waals surface area contributed by atoms with Gasteiger partial charge in [0.15, 0.2) is 0 Å². The zero-order valence-electron chi connectivity index (χ0n) is 9.74. The van der Waals surface area contributed by atoms with Crippen molar-refractivity contribution in [3.63, 3.8) is 0 Å². The number of aromatic nitrogens is 1. The van der Waals surface area contributed by atoms with Crippen molar-refractivity contribution in [2.24, 2.45) is 0 Å². The van der Waals surface area contributed by atoms with Gasteiger partial charge in [0.1, 0.15) is 5.82 Å². The Kier molecular flexibility index (Phi) is 3.80. The van der Waals surface area contributed by atoms with Crippen LogP contribution < -0.4 is 4.90 Å². The summed E-state index contributed by atoms with van der Waals surface area (Å²) >= 11 is 5.64. The highest BCUT2D eigenvalue weighted by Crippen LogP contribution is 2.33. The minimum Gasteiger partial charge on any atom is -0.355 e. The number of rotatable bonds is 1. The lowest BCUT2D eigenvalue weighted by Crippen LogP contribution is -2.28. The van der Waals surface area contributed by atoms with Crippen LogP contribution in [-0.2, 0) is 0 Å². The lowest BCUT2D eigenvalue weighted by atomic mass is 10.1. The number of halogens is 1. The SMILES string of the molecule is CC1(C)CCN(c2ncccc2Br)CCS1. The molecule has 0 spiro atoms. The van der Waals surface area contributed by atoms with E-state index >= 15 is 0 Å².